The van der Waals surface area contributed by atoms with Crippen LogP contribution < -0.4 is 10.1 Å². The summed E-state index contributed by atoms with van der Waals surface area (Å²) >= 11 is 0. The van der Waals surface area contributed by atoms with Crippen molar-refractivity contribution in [3.05, 3.63) is 59.7 Å². The molecule has 0 saturated heterocycles. The number of ether oxygens (including phenoxy) is 2. The molecule has 1 amide bonds. The van der Waals surface area contributed by atoms with E-state index in [9.17, 15) is 9.59 Å². The standard InChI is InChI=1S/C22H27NO4/c1-5-15(3)19-9-7-8-10-20(19)23-21(24)16(4)27-22(25)17-11-13-18(14-12-17)26-6-2/h7-16H,5-6H2,1-4H3,(H,23,24)/t15-,16+/m1/s1. The quantitative estimate of drug-likeness (QED) is 0.680. The number of amides is 1. The summed E-state index contributed by atoms with van der Waals surface area (Å²) in [5.41, 5.74) is 2.19. The van der Waals surface area contributed by atoms with E-state index in [-0.39, 0.29) is 5.91 Å². The van der Waals surface area contributed by atoms with Crippen LogP contribution >= 0.6 is 0 Å². The maximum absolute atomic E-state index is 12.5. The lowest BCUT2D eigenvalue weighted by molar-refractivity contribution is -0.123. The SMILES string of the molecule is CCOc1ccc(C(=O)O[C@@H](C)C(=O)Nc2ccccc2[C@H](C)CC)cc1. The normalized spacial score (nSPS) is 12.7. The maximum Gasteiger partial charge on any atom is 0.338 e. The van der Waals surface area contributed by atoms with Crippen LogP contribution in [0.4, 0.5) is 5.69 Å². The molecule has 0 heterocycles. The van der Waals surface area contributed by atoms with Crippen molar-refractivity contribution in [1.29, 1.82) is 0 Å². The van der Waals surface area contributed by atoms with Gasteiger partial charge in [0.05, 0.1) is 12.2 Å². The second-order valence-electron chi connectivity index (χ2n) is 6.39. The first-order valence-electron chi connectivity index (χ1n) is 9.29. The molecule has 0 fully saturated rings. The van der Waals surface area contributed by atoms with Crippen LogP contribution in [0.15, 0.2) is 48.5 Å². The Morgan fingerprint density at radius 3 is 2.30 bits per heavy atom. The molecule has 5 nitrogen and oxygen atoms in total. The van der Waals surface area contributed by atoms with E-state index in [2.05, 4.69) is 19.2 Å². The fourth-order valence-corrected chi connectivity index (χ4v) is 2.63. The van der Waals surface area contributed by atoms with E-state index in [0.29, 0.717) is 23.8 Å². The Balaban J connectivity index is 2.00. The van der Waals surface area contributed by atoms with E-state index < -0.39 is 12.1 Å². The van der Waals surface area contributed by atoms with Crippen LogP contribution in [-0.4, -0.2) is 24.6 Å². The summed E-state index contributed by atoms with van der Waals surface area (Å²) in [6, 6.07) is 14.3. The Bertz CT molecular complexity index is 770. The van der Waals surface area contributed by atoms with Gasteiger partial charge in [-0.25, -0.2) is 4.79 Å². The van der Waals surface area contributed by atoms with Crippen LogP contribution in [0.2, 0.25) is 0 Å². The Morgan fingerprint density at radius 2 is 1.67 bits per heavy atom. The zero-order valence-corrected chi connectivity index (χ0v) is 16.3. The molecule has 0 aliphatic heterocycles. The van der Waals surface area contributed by atoms with Crippen LogP contribution in [0, 0.1) is 0 Å². The average molecular weight is 369 g/mol. The third-order valence-electron chi connectivity index (χ3n) is 4.42. The number of anilines is 1. The molecule has 2 aromatic rings. The van der Waals surface area contributed by atoms with Gasteiger partial charge in [-0.2, -0.15) is 0 Å². The molecule has 0 spiro atoms. The molecule has 5 heteroatoms. The van der Waals surface area contributed by atoms with Crippen LogP contribution in [-0.2, 0) is 9.53 Å². The molecule has 2 atom stereocenters. The van der Waals surface area contributed by atoms with Gasteiger partial charge in [0.2, 0.25) is 0 Å². The van der Waals surface area contributed by atoms with Crippen LogP contribution in [0.1, 0.15) is 56.0 Å². The average Bonchev–Trinajstić information content (AvgIpc) is 2.68. The maximum atomic E-state index is 12.5. The number of carbonyl (C=O) groups excluding carboxylic acids is 2. The predicted octanol–water partition coefficient (Wildman–Crippen LogP) is 4.78. The molecule has 2 aromatic carbocycles. The van der Waals surface area contributed by atoms with Gasteiger partial charge < -0.3 is 14.8 Å². The molecule has 27 heavy (non-hydrogen) atoms. The minimum Gasteiger partial charge on any atom is -0.494 e. The molecule has 0 saturated carbocycles. The highest BCUT2D eigenvalue weighted by atomic mass is 16.5. The summed E-state index contributed by atoms with van der Waals surface area (Å²) in [6.07, 6.45) is 0.0591. The monoisotopic (exact) mass is 369 g/mol. The van der Waals surface area contributed by atoms with E-state index >= 15 is 0 Å². The van der Waals surface area contributed by atoms with E-state index in [0.717, 1.165) is 17.7 Å². The molecule has 0 aliphatic carbocycles. The Labute approximate surface area is 160 Å². The van der Waals surface area contributed by atoms with Gasteiger partial charge in [-0.3, -0.25) is 4.79 Å². The van der Waals surface area contributed by atoms with Crippen molar-refractivity contribution < 1.29 is 19.1 Å². The van der Waals surface area contributed by atoms with Gasteiger partial charge in [0.25, 0.3) is 5.91 Å². The van der Waals surface area contributed by atoms with Crippen molar-refractivity contribution in [2.75, 3.05) is 11.9 Å². The molecule has 0 radical (unpaired) electrons. The molecule has 0 aromatic heterocycles. The largest absolute Gasteiger partial charge is 0.494 e. The van der Waals surface area contributed by atoms with Gasteiger partial charge >= 0.3 is 5.97 Å². The molecule has 2 rings (SSSR count). The van der Waals surface area contributed by atoms with Gasteiger partial charge in [0.1, 0.15) is 5.75 Å². The molecule has 0 unspecified atom stereocenters. The van der Waals surface area contributed by atoms with Gasteiger partial charge in [-0.1, -0.05) is 32.0 Å². The highest BCUT2D eigenvalue weighted by Crippen LogP contribution is 2.26. The van der Waals surface area contributed by atoms with Crippen molar-refractivity contribution >= 4 is 17.6 Å². The van der Waals surface area contributed by atoms with E-state index in [4.69, 9.17) is 9.47 Å². The first-order valence-corrected chi connectivity index (χ1v) is 9.29. The summed E-state index contributed by atoms with van der Waals surface area (Å²) in [5, 5.41) is 2.87. The number of carbonyl (C=O) groups is 2. The second-order valence-corrected chi connectivity index (χ2v) is 6.39. The summed E-state index contributed by atoms with van der Waals surface area (Å²) in [4.78, 5) is 24.7. The molecular formula is C22H27NO4. The zero-order valence-electron chi connectivity index (χ0n) is 16.3. The summed E-state index contributed by atoms with van der Waals surface area (Å²) in [7, 11) is 0. The van der Waals surface area contributed by atoms with Gasteiger partial charge in [-0.05, 0) is 62.1 Å². The first kappa shape index (κ1) is 20.5. The number of hydrogen-bond donors (Lipinski definition) is 1. The Morgan fingerprint density at radius 1 is 1.00 bits per heavy atom. The first-order chi connectivity index (χ1) is 13.0. The van der Waals surface area contributed by atoms with Gasteiger partial charge in [0, 0.05) is 5.69 Å². The van der Waals surface area contributed by atoms with Gasteiger partial charge in [-0.15, -0.1) is 0 Å². The van der Waals surface area contributed by atoms with E-state index in [1.54, 1.807) is 31.2 Å². The lowest BCUT2D eigenvalue weighted by Gasteiger charge is -2.18. The smallest absolute Gasteiger partial charge is 0.338 e. The number of rotatable bonds is 8. The summed E-state index contributed by atoms with van der Waals surface area (Å²) in [5.74, 6) is 0.102. The van der Waals surface area contributed by atoms with Crippen molar-refractivity contribution in [3.63, 3.8) is 0 Å². The van der Waals surface area contributed by atoms with Crippen molar-refractivity contribution in [2.24, 2.45) is 0 Å². The molecular weight excluding hydrogens is 342 g/mol. The predicted molar refractivity (Wildman–Crippen MR) is 106 cm³/mol. The second kappa shape index (κ2) is 9.76. The molecule has 0 bridgehead atoms. The number of benzene rings is 2. The highest BCUT2D eigenvalue weighted by Gasteiger charge is 2.20. The molecule has 144 valence electrons. The summed E-state index contributed by atoms with van der Waals surface area (Å²) < 4.78 is 10.7. The Hall–Kier alpha value is -2.82. The van der Waals surface area contributed by atoms with E-state index in [1.165, 1.54) is 0 Å². The topological polar surface area (TPSA) is 64.6 Å². The number of esters is 1. The van der Waals surface area contributed by atoms with Crippen molar-refractivity contribution in [2.45, 2.75) is 46.1 Å². The Kier molecular flexibility index (Phi) is 7.41. The number of hydrogen-bond acceptors (Lipinski definition) is 4. The van der Waals surface area contributed by atoms with Crippen LogP contribution in [0.5, 0.6) is 5.75 Å². The third-order valence-corrected chi connectivity index (χ3v) is 4.42. The number of para-hydroxylation sites is 1. The van der Waals surface area contributed by atoms with Crippen LogP contribution in [0.3, 0.4) is 0 Å². The third kappa shape index (κ3) is 5.58. The van der Waals surface area contributed by atoms with Crippen molar-refractivity contribution in [1.82, 2.24) is 0 Å². The fourth-order valence-electron chi connectivity index (χ4n) is 2.63. The number of nitrogens with one attached hydrogen (secondary N) is 1. The highest BCUT2D eigenvalue weighted by molar-refractivity contribution is 5.97. The fraction of sp³-hybridized carbons (Fsp3) is 0.364. The zero-order chi connectivity index (χ0) is 19.8. The van der Waals surface area contributed by atoms with Gasteiger partial charge in [0.15, 0.2) is 6.10 Å². The van der Waals surface area contributed by atoms with E-state index in [1.807, 2.05) is 31.2 Å². The summed E-state index contributed by atoms with van der Waals surface area (Å²) in [6.45, 7) is 8.22. The van der Waals surface area contributed by atoms with Crippen LogP contribution in [0.25, 0.3) is 0 Å². The lowest BCUT2D eigenvalue weighted by Crippen LogP contribution is -2.30. The minimum absolute atomic E-state index is 0.322. The lowest BCUT2D eigenvalue weighted by atomic mass is 9.97. The molecule has 0 aliphatic rings. The minimum atomic E-state index is -0.908. The van der Waals surface area contributed by atoms with Crippen molar-refractivity contribution in [3.8, 4) is 5.75 Å². The molecule has 1 N–H and O–H groups in total.